The molecule has 1 unspecified atom stereocenters. The number of rotatable bonds is 8. The quantitative estimate of drug-likeness (QED) is 0.660. The van der Waals surface area contributed by atoms with E-state index in [0.717, 1.165) is 0 Å². The number of nitrogens with zero attached hydrogens (tertiary/aromatic N) is 4. The first-order valence-electron chi connectivity index (χ1n) is 9.99. The number of carbonyl (C=O) groups is 2. The lowest BCUT2D eigenvalue weighted by molar-refractivity contribution is -0.144. The van der Waals surface area contributed by atoms with Gasteiger partial charge in [0.2, 0.25) is 5.91 Å². The molecule has 0 spiro atoms. The van der Waals surface area contributed by atoms with E-state index in [1.807, 2.05) is 9.80 Å². The molecule has 0 saturated carbocycles. The second-order valence-electron chi connectivity index (χ2n) is 7.29. The van der Waals surface area contributed by atoms with Crippen LogP contribution in [-0.4, -0.2) is 66.7 Å². The van der Waals surface area contributed by atoms with E-state index in [4.69, 9.17) is 4.74 Å². The fraction of sp³-hybridized carbons (Fsp3) is 0.364. The number of anilines is 2. The molecule has 1 aromatic heterocycles. The van der Waals surface area contributed by atoms with E-state index in [1.54, 1.807) is 42.6 Å². The SMILES string of the molecule is COc1cccc(NC(=O)CC(CN2CCN(c3ncccc3C#N)CC2)C(=O)O)c1. The largest absolute Gasteiger partial charge is 0.497 e. The van der Waals surface area contributed by atoms with Gasteiger partial charge in [-0.05, 0) is 24.3 Å². The number of carboxylic acid groups (broad SMARTS) is 1. The molecule has 162 valence electrons. The maximum absolute atomic E-state index is 12.4. The monoisotopic (exact) mass is 423 g/mol. The first kappa shape index (κ1) is 22.1. The summed E-state index contributed by atoms with van der Waals surface area (Å²) in [6.45, 7) is 2.80. The molecule has 1 amide bonds. The van der Waals surface area contributed by atoms with Crippen molar-refractivity contribution in [3.05, 3.63) is 48.2 Å². The average molecular weight is 423 g/mol. The van der Waals surface area contributed by atoms with Gasteiger partial charge in [0.1, 0.15) is 17.6 Å². The summed E-state index contributed by atoms with van der Waals surface area (Å²) in [5.74, 6) is -0.914. The van der Waals surface area contributed by atoms with E-state index in [1.165, 1.54) is 7.11 Å². The normalized spacial score (nSPS) is 15.0. The summed E-state index contributed by atoms with van der Waals surface area (Å²) < 4.78 is 5.13. The van der Waals surface area contributed by atoms with Crippen molar-refractivity contribution in [2.75, 3.05) is 50.1 Å². The molecule has 1 fully saturated rings. The van der Waals surface area contributed by atoms with Gasteiger partial charge < -0.3 is 20.1 Å². The van der Waals surface area contributed by atoms with Crippen molar-refractivity contribution in [1.82, 2.24) is 9.88 Å². The smallest absolute Gasteiger partial charge is 0.308 e. The van der Waals surface area contributed by atoms with Crippen LogP contribution in [-0.2, 0) is 9.59 Å². The highest BCUT2D eigenvalue weighted by Crippen LogP contribution is 2.20. The second kappa shape index (κ2) is 10.4. The highest BCUT2D eigenvalue weighted by molar-refractivity contribution is 5.93. The van der Waals surface area contributed by atoms with Gasteiger partial charge in [0, 0.05) is 57.1 Å². The van der Waals surface area contributed by atoms with Gasteiger partial charge >= 0.3 is 5.97 Å². The van der Waals surface area contributed by atoms with Crippen molar-refractivity contribution in [2.24, 2.45) is 5.92 Å². The molecular formula is C22H25N5O4. The van der Waals surface area contributed by atoms with Crippen LogP contribution in [0.5, 0.6) is 5.75 Å². The summed E-state index contributed by atoms with van der Waals surface area (Å²) in [6, 6.07) is 12.5. The van der Waals surface area contributed by atoms with Gasteiger partial charge in [0.05, 0.1) is 18.6 Å². The molecule has 0 aliphatic carbocycles. The molecule has 0 bridgehead atoms. The molecule has 1 aliphatic rings. The predicted molar refractivity (Wildman–Crippen MR) is 115 cm³/mol. The number of pyridine rings is 1. The lowest BCUT2D eigenvalue weighted by Gasteiger charge is -2.36. The third-order valence-electron chi connectivity index (χ3n) is 5.19. The molecule has 2 aromatic rings. The van der Waals surface area contributed by atoms with Crippen LogP contribution in [0.2, 0.25) is 0 Å². The highest BCUT2D eigenvalue weighted by Gasteiger charge is 2.27. The van der Waals surface area contributed by atoms with Gasteiger partial charge in [0.15, 0.2) is 0 Å². The number of carboxylic acids is 1. The van der Waals surface area contributed by atoms with Crippen molar-refractivity contribution in [3.63, 3.8) is 0 Å². The van der Waals surface area contributed by atoms with Crippen LogP contribution in [0.3, 0.4) is 0 Å². The Labute approximate surface area is 180 Å². The number of hydrogen-bond acceptors (Lipinski definition) is 7. The Morgan fingerprint density at radius 3 is 2.71 bits per heavy atom. The number of carbonyl (C=O) groups excluding carboxylic acids is 1. The van der Waals surface area contributed by atoms with E-state index >= 15 is 0 Å². The van der Waals surface area contributed by atoms with E-state index in [9.17, 15) is 20.0 Å². The number of nitriles is 1. The van der Waals surface area contributed by atoms with Crippen LogP contribution in [0.15, 0.2) is 42.6 Å². The summed E-state index contributed by atoms with van der Waals surface area (Å²) in [6.07, 6.45) is 1.54. The van der Waals surface area contributed by atoms with E-state index in [-0.39, 0.29) is 18.9 Å². The van der Waals surface area contributed by atoms with Crippen molar-refractivity contribution in [1.29, 1.82) is 5.26 Å². The molecular weight excluding hydrogens is 398 g/mol. The fourth-order valence-electron chi connectivity index (χ4n) is 3.56. The lowest BCUT2D eigenvalue weighted by Crippen LogP contribution is -2.49. The molecule has 1 atom stereocenters. The summed E-state index contributed by atoms with van der Waals surface area (Å²) >= 11 is 0. The standard InChI is InChI=1S/C22H25N5O4/c1-31-19-6-2-5-18(13-19)25-20(28)12-17(22(29)30)15-26-8-10-27(11-9-26)21-16(14-23)4-3-7-24-21/h2-7,13,17H,8-12,15H2,1H3,(H,25,28)(H,29,30). The molecule has 2 N–H and O–H groups in total. The summed E-state index contributed by atoms with van der Waals surface area (Å²) in [7, 11) is 1.54. The summed E-state index contributed by atoms with van der Waals surface area (Å²) in [5, 5.41) is 21.6. The van der Waals surface area contributed by atoms with Gasteiger partial charge in [-0.25, -0.2) is 4.98 Å². The maximum atomic E-state index is 12.4. The molecule has 9 nitrogen and oxygen atoms in total. The minimum atomic E-state index is -1.00. The minimum Gasteiger partial charge on any atom is -0.497 e. The van der Waals surface area contributed by atoms with Gasteiger partial charge in [-0.15, -0.1) is 0 Å². The third kappa shape index (κ3) is 5.93. The number of ether oxygens (including phenoxy) is 1. The first-order valence-corrected chi connectivity index (χ1v) is 9.99. The summed E-state index contributed by atoms with van der Waals surface area (Å²) in [4.78, 5) is 32.5. The number of nitrogens with one attached hydrogen (secondary N) is 1. The van der Waals surface area contributed by atoms with E-state index in [2.05, 4.69) is 16.4 Å². The summed E-state index contributed by atoms with van der Waals surface area (Å²) in [5.41, 5.74) is 1.08. The Morgan fingerprint density at radius 2 is 2.03 bits per heavy atom. The Hall–Kier alpha value is -3.64. The predicted octanol–water partition coefficient (Wildman–Crippen LogP) is 1.81. The van der Waals surface area contributed by atoms with Crippen LogP contribution in [0.1, 0.15) is 12.0 Å². The second-order valence-corrected chi connectivity index (χ2v) is 7.29. The zero-order valence-electron chi connectivity index (χ0n) is 17.3. The first-order chi connectivity index (χ1) is 15.0. The molecule has 0 radical (unpaired) electrons. The zero-order chi connectivity index (χ0) is 22.2. The Balaban J connectivity index is 1.54. The minimum absolute atomic E-state index is 0.119. The Kier molecular flexibility index (Phi) is 7.40. The van der Waals surface area contributed by atoms with Gasteiger partial charge in [0.25, 0.3) is 0 Å². The molecule has 1 saturated heterocycles. The third-order valence-corrected chi connectivity index (χ3v) is 5.19. The number of methoxy groups -OCH3 is 1. The average Bonchev–Trinajstić information content (AvgIpc) is 2.79. The number of aromatic nitrogens is 1. The van der Waals surface area contributed by atoms with Crippen molar-refractivity contribution in [3.8, 4) is 11.8 Å². The number of amides is 1. The molecule has 1 aromatic carbocycles. The fourth-order valence-corrected chi connectivity index (χ4v) is 3.56. The highest BCUT2D eigenvalue weighted by atomic mass is 16.5. The number of benzene rings is 1. The molecule has 9 heteroatoms. The number of aliphatic carboxylic acids is 1. The van der Waals surface area contributed by atoms with E-state index in [0.29, 0.717) is 49.0 Å². The lowest BCUT2D eigenvalue weighted by atomic mass is 10.0. The Morgan fingerprint density at radius 1 is 1.26 bits per heavy atom. The van der Waals surface area contributed by atoms with Crippen molar-refractivity contribution >= 4 is 23.4 Å². The topological polar surface area (TPSA) is 119 Å². The van der Waals surface area contributed by atoms with Crippen LogP contribution in [0.25, 0.3) is 0 Å². The van der Waals surface area contributed by atoms with Gasteiger partial charge in [-0.2, -0.15) is 5.26 Å². The van der Waals surface area contributed by atoms with Gasteiger partial charge in [-0.1, -0.05) is 6.07 Å². The molecule has 1 aliphatic heterocycles. The molecule has 2 heterocycles. The zero-order valence-corrected chi connectivity index (χ0v) is 17.3. The van der Waals surface area contributed by atoms with E-state index < -0.39 is 11.9 Å². The van der Waals surface area contributed by atoms with Crippen molar-refractivity contribution in [2.45, 2.75) is 6.42 Å². The maximum Gasteiger partial charge on any atom is 0.308 e. The van der Waals surface area contributed by atoms with Crippen LogP contribution >= 0.6 is 0 Å². The van der Waals surface area contributed by atoms with Crippen LogP contribution in [0, 0.1) is 17.2 Å². The Bertz CT molecular complexity index is 966. The van der Waals surface area contributed by atoms with Crippen LogP contribution < -0.4 is 15.0 Å². The number of hydrogen-bond donors (Lipinski definition) is 2. The molecule has 3 rings (SSSR count). The molecule has 31 heavy (non-hydrogen) atoms. The van der Waals surface area contributed by atoms with Crippen LogP contribution in [0.4, 0.5) is 11.5 Å². The van der Waals surface area contributed by atoms with Crippen molar-refractivity contribution < 1.29 is 19.4 Å². The van der Waals surface area contributed by atoms with Gasteiger partial charge in [-0.3, -0.25) is 14.5 Å². The number of piperazine rings is 1.